The number of carbonyl (C=O) groups is 2. The maximum atomic E-state index is 12.3. The summed E-state index contributed by atoms with van der Waals surface area (Å²) in [4.78, 5) is 27.8. The van der Waals surface area contributed by atoms with Gasteiger partial charge < -0.3 is 10.1 Å². The first kappa shape index (κ1) is 23.5. The van der Waals surface area contributed by atoms with Crippen LogP contribution in [0, 0.1) is 6.92 Å². The highest BCUT2D eigenvalue weighted by Gasteiger charge is 2.09. The van der Waals surface area contributed by atoms with E-state index in [2.05, 4.69) is 23.5 Å². The monoisotopic (exact) mass is 416 g/mol. The first-order valence-electron chi connectivity index (χ1n) is 9.93. The molecule has 31 heavy (non-hydrogen) atoms. The van der Waals surface area contributed by atoms with Crippen LogP contribution < -0.4 is 10.1 Å². The standard InChI is InChI=1S/C26H28N2O3/c1-7-22(16-27-17(2)3)26(30)28-15-21-8-10-23(11-9-21)20(6)31-25-13-12-24(19(5)29)14-18(25)4/h7-14,16H,2,6,15H2,1,3-5H3,(H,28,30)/b22-7+,27-16-. The SMILES string of the molecule is C=C(C)/N=C\C(=C/C)C(=O)NCc1ccc(C(=C)Oc2ccc(C(C)=O)cc2C)cc1. The van der Waals surface area contributed by atoms with Crippen molar-refractivity contribution < 1.29 is 14.3 Å². The van der Waals surface area contributed by atoms with Crippen molar-refractivity contribution in [3.63, 3.8) is 0 Å². The molecule has 0 bridgehead atoms. The number of ether oxygens (including phenoxy) is 1. The van der Waals surface area contributed by atoms with E-state index in [0.717, 1.165) is 16.7 Å². The lowest BCUT2D eigenvalue weighted by Gasteiger charge is -2.13. The number of Topliss-reactive ketones (excluding diaryl/α,β-unsaturated/α-hetero) is 1. The number of hydrogen-bond acceptors (Lipinski definition) is 4. The maximum absolute atomic E-state index is 12.3. The van der Waals surface area contributed by atoms with Crippen molar-refractivity contribution in [2.24, 2.45) is 4.99 Å². The summed E-state index contributed by atoms with van der Waals surface area (Å²) in [7, 11) is 0. The Morgan fingerprint density at radius 1 is 1.06 bits per heavy atom. The average molecular weight is 417 g/mol. The van der Waals surface area contributed by atoms with Crippen LogP contribution in [0.15, 0.2) is 78.0 Å². The summed E-state index contributed by atoms with van der Waals surface area (Å²) < 4.78 is 5.89. The minimum absolute atomic E-state index is 0.0146. The number of aliphatic imine (C=N–C) groups is 1. The molecular weight excluding hydrogens is 388 g/mol. The molecule has 1 amide bonds. The van der Waals surface area contributed by atoms with E-state index in [0.29, 0.717) is 34.9 Å². The smallest absolute Gasteiger partial charge is 0.252 e. The van der Waals surface area contributed by atoms with Gasteiger partial charge in [0.25, 0.3) is 5.91 Å². The molecule has 2 rings (SSSR count). The van der Waals surface area contributed by atoms with Crippen LogP contribution in [0.1, 0.15) is 47.8 Å². The van der Waals surface area contributed by atoms with Crippen molar-refractivity contribution in [2.45, 2.75) is 34.2 Å². The Bertz CT molecular complexity index is 1060. The quantitative estimate of drug-likeness (QED) is 0.257. The molecule has 5 nitrogen and oxygen atoms in total. The van der Waals surface area contributed by atoms with E-state index < -0.39 is 0 Å². The zero-order chi connectivity index (χ0) is 23.0. The minimum Gasteiger partial charge on any atom is -0.457 e. The Morgan fingerprint density at radius 3 is 2.26 bits per heavy atom. The number of benzene rings is 2. The van der Waals surface area contributed by atoms with Gasteiger partial charge >= 0.3 is 0 Å². The number of aryl methyl sites for hydroxylation is 1. The molecule has 0 aliphatic carbocycles. The number of allylic oxidation sites excluding steroid dienone is 2. The zero-order valence-corrected chi connectivity index (χ0v) is 18.5. The van der Waals surface area contributed by atoms with Crippen molar-refractivity contribution in [2.75, 3.05) is 0 Å². The molecule has 0 aliphatic heterocycles. The van der Waals surface area contributed by atoms with Gasteiger partial charge in [-0.15, -0.1) is 0 Å². The third kappa shape index (κ3) is 6.93. The molecular formula is C26H28N2O3. The predicted molar refractivity (Wildman–Crippen MR) is 126 cm³/mol. The van der Waals surface area contributed by atoms with E-state index in [1.54, 1.807) is 38.1 Å². The van der Waals surface area contributed by atoms with Crippen molar-refractivity contribution in [3.05, 3.63) is 95.2 Å². The van der Waals surface area contributed by atoms with Crippen LogP contribution in [-0.4, -0.2) is 17.9 Å². The molecule has 0 radical (unpaired) electrons. The third-order valence-corrected chi connectivity index (χ3v) is 4.54. The molecule has 1 N–H and O–H groups in total. The number of nitrogens with zero attached hydrogens (tertiary/aromatic N) is 1. The van der Waals surface area contributed by atoms with Crippen LogP contribution in [0.5, 0.6) is 5.75 Å². The molecule has 0 atom stereocenters. The molecule has 0 aliphatic rings. The molecule has 0 saturated heterocycles. The molecule has 0 unspecified atom stereocenters. The summed E-state index contributed by atoms with van der Waals surface area (Å²) >= 11 is 0. The second-order valence-electron chi connectivity index (χ2n) is 7.18. The van der Waals surface area contributed by atoms with Crippen LogP contribution in [0.4, 0.5) is 0 Å². The fourth-order valence-corrected chi connectivity index (χ4v) is 2.71. The topological polar surface area (TPSA) is 67.8 Å². The first-order valence-corrected chi connectivity index (χ1v) is 9.93. The molecule has 0 heterocycles. The Labute approximate surface area is 183 Å². The highest BCUT2D eigenvalue weighted by Crippen LogP contribution is 2.25. The largest absolute Gasteiger partial charge is 0.457 e. The molecule has 2 aromatic rings. The van der Waals surface area contributed by atoms with Gasteiger partial charge in [-0.25, -0.2) is 0 Å². The third-order valence-electron chi connectivity index (χ3n) is 4.54. The number of nitrogens with one attached hydrogen (secondary N) is 1. The number of carbonyl (C=O) groups excluding carboxylic acids is 2. The van der Waals surface area contributed by atoms with Gasteiger partial charge in [0.1, 0.15) is 11.5 Å². The Hall–Kier alpha value is -3.73. The molecule has 0 spiro atoms. The molecule has 0 aromatic heterocycles. The van der Waals surface area contributed by atoms with Gasteiger partial charge in [-0.1, -0.05) is 43.5 Å². The molecule has 0 saturated carbocycles. The Kier molecular flexibility index (Phi) is 8.26. The molecule has 0 fully saturated rings. The highest BCUT2D eigenvalue weighted by molar-refractivity contribution is 6.12. The van der Waals surface area contributed by atoms with Crippen LogP contribution in [0.2, 0.25) is 0 Å². The summed E-state index contributed by atoms with van der Waals surface area (Å²) in [6.45, 7) is 15.1. The highest BCUT2D eigenvalue weighted by atomic mass is 16.5. The summed E-state index contributed by atoms with van der Waals surface area (Å²) in [6.07, 6.45) is 3.21. The van der Waals surface area contributed by atoms with Crippen molar-refractivity contribution in [1.82, 2.24) is 5.32 Å². The van der Waals surface area contributed by atoms with Gasteiger partial charge in [-0.05, 0) is 57.0 Å². The Balaban J connectivity index is 1.98. The Morgan fingerprint density at radius 2 is 1.71 bits per heavy atom. The van der Waals surface area contributed by atoms with Gasteiger partial charge in [-0.2, -0.15) is 0 Å². The number of ketones is 1. The zero-order valence-electron chi connectivity index (χ0n) is 18.5. The number of hydrogen-bond donors (Lipinski definition) is 1. The first-order chi connectivity index (χ1) is 14.7. The van der Waals surface area contributed by atoms with Crippen molar-refractivity contribution in [3.8, 4) is 5.75 Å². The minimum atomic E-state index is -0.200. The van der Waals surface area contributed by atoms with E-state index in [1.807, 2.05) is 31.2 Å². The summed E-state index contributed by atoms with van der Waals surface area (Å²) in [5.41, 5.74) is 4.40. The van der Waals surface area contributed by atoms with Crippen LogP contribution in [-0.2, 0) is 11.3 Å². The van der Waals surface area contributed by atoms with Gasteiger partial charge in [-0.3, -0.25) is 14.6 Å². The summed E-state index contributed by atoms with van der Waals surface area (Å²) in [6, 6.07) is 12.9. The molecule has 2 aromatic carbocycles. The van der Waals surface area contributed by atoms with E-state index in [1.165, 1.54) is 13.1 Å². The molecule has 5 heteroatoms. The van der Waals surface area contributed by atoms with E-state index in [4.69, 9.17) is 4.74 Å². The van der Waals surface area contributed by atoms with Crippen LogP contribution in [0.3, 0.4) is 0 Å². The molecule has 160 valence electrons. The van der Waals surface area contributed by atoms with E-state index >= 15 is 0 Å². The van der Waals surface area contributed by atoms with Crippen LogP contribution in [0.25, 0.3) is 5.76 Å². The average Bonchev–Trinajstić information content (AvgIpc) is 2.74. The number of rotatable bonds is 9. The van der Waals surface area contributed by atoms with Gasteiger partial charge in [0.15, 0.2) is 5.78 Å². The van der Waals surface area contributed by atoms with Crippen molar-refractivity contribution >= 4 is 23.7 Å². The summed E-state index contributed by atoms with van der Waals surface area (Å²) in [5, 5.41) is 2.87. The van der Waals surface area contributed by atoms with Gasteiger partial charge in [0.05, 0.1) is 5.57 Å². The fourth-order valence-electron chi connectivity index (χ4n) is 2.71. The van der Waals surface area contributed by atoms with E-state index in [9.17, 15) is 9.59 Å². The fraction of sp³-hybridized carbons (Fsp3) is 0.192. The predicted octanol–water partition coefficient (Wildman–Crippen LogP) is 5.41. The lowest BCUT2D eigenvalue weighted by Crippen LogP contribution is -2.25. The van der Waals surface area contributed by atoms with Gasteiger partial charge in [0, 0.05) is 29.6 Å². The number of amides is 1. The lowest BCUT2D eigenvalue weighted by atomic mass is 10.1. The van der Waals surface area contributed by atoms with E-state index in [-0.39, 0.29) is 11.7 Å². The van der Waals surface area contributed by atoms with Crippen molar-refractivity contribution in [1.29, 1.82) is 0 Å². The second-order valence-corrected chi connectivity index (χ2v) is 7.18. The van der Waals surface area contributed by atoms with Crippen LogP contribution >= 0.6 is 0 Å². The second kappa shape index (κ2) is 10.9. The maximum Gasteiger partial charge on any atom is 0.252 e. The summed E-state index contributed by atoms with van der Waals surface area (Å²) in [5.74, 6) is 0.970. The normalized spacial score (nSPS) is 11.3. The van der Waals surface area contributed by atoms with Gasteiger partial charge in [0.2, 0.25) is 0 Å². The lowest BCUT2D eigenvalue weighted by molar-refractivity contribution is -0.117.